The lowest BCUT2D eigenvalue weighted by molar-refractivity contribution is 0.242. The van der Waals surface area contributed by atoms with Crippen molar-refractivity contribution in [2.75, 3.05) is 0 Å². The van der Waals surface area contributed by atoms with Gasteiger partial charge < -0.3 is 5.43 Å². The van der Waals surface area contributed by atoms with Crippen LogP contribution >= 0.6 is 0 Å². The van der Waals surface area contributed by atoms with E-state index in [-0.39, 0.29) is 5.41 Å². The summed E-state index contributed by atoms with van der Waals surface area (Å²) in [4.78, 5) is 0. The summed E-state index contributed by atoms with van der Waals surface area (Å²) >= 11 is 0. The Morgan fingerprint density at radius 3 is 2.62 bits per heavy atom. The fraction of sp³-hybridized carbons (Fsp3) is 0.727. The lowest BCUT2D eigenvalue weighted by atomic mass is 9.81. The van der Waals surface area contributed by atoms with Gasteiger partial charge in [-0.2, -0.15) is 5.10 Å². The second-order valence-corrected chi connectivity index (χ2v) is 4.05. The number of nitrogens with zero attached hydrogens (tertiary/aromatic N) is 1. The predicted octanol–water partition coefficient (Wildman–Crippen LogP) is 2.96. The molecule has 0 amide bonds. The quantitative estimate of drug-likeness (QED) is 0.381. The van der Waals surface area contributed by atoms with E-state index >= 15 is 0 Å². The molecule has 1 N–H and O–H groups in total. The summed E-state index contributed by atoms with van der Waals surface area (Å²) in [5.74, 6) is 0. The Hall–Kier alpha value is -0.790. The monoisotopic (exact) mass is 182 g/mol. The molecule has 0 bridgehead atoms. The first kappa shape index (κ1) is 12.2. The second-order valence-electron chi connectivity index (χ2n) is 4.05. The van der Waals surface area contributed by atoms with E-state index in [0.717, 1.165) is 12.8 Å². The molecule has 0 spiro atoms. The highest BCUT2D eigenvalue weighted by Gasteiger charge is 2.24. The van der Waals surface area contributed by atoms with Gasteiger partial charge in [-0.25, -0.2) is 0 Å². The van der Waals surface area contributed by atoms with Crippen LogP contribution in [0.3, 0.4) is 0 Å². The minimum absolute atomic E-state index is 0.265. The van der Waals surface area contributed by atoms with E-state index in [2.05, 4.69) is 37.9 Å². The van der Waals surface area contributed by atoms with Crippen LogP contribution in [-0.4, -0.2) is 12.3 Å². The molecule has 0 saturated carbocycles. The number of allylic oxidation sites excluding steroid dienone is 1. The van der Waals surface area contributed by atoms with Crippen molar-refractivity contribution in [1.82, 2.24) is 5.43 Å². The topological polar surface area (TPSA) is 24.4 Å². The molecular weight excluding hydrogens is 160 g/mol. The van der Waals surface area contributed by atoms with Gasteiger partial charge in [0.1, 0.15) is 0 Å². The van der Waals surface area contributed by atoms with Gasteiger partial charge in [0.15, 0.2) is 0 Å². The van der Waals surface area contributed by atoms with Crippen LogP contribution in [0.15, 0.2) is 17.8 Å². The molecule has 0 fully saturated rings. The lowest BCUT2D eigenvalue weighted by Gasteiger charge is -2.31. The fourth-order valence-electron chi connectivity index (χ4n) is 1.05. The van der Waals surface area contributed by atoms with Crippen LogP contribution in [0.2, 0.25) is 0 Å². The number of rotatable bonds is 6. The SMILES string of the molecule is C=CCCC(C)(C)C(C)N/N=C\C. The first-order valence-corrected chi connectivity index (χ1v) is 4.88. The highest BCUT2D eigenvalue weighted by molar-refractivity contribution is 5.52. The fourth-order valence-corrected chi connectivity index (χ4v) is 1.05. The van der Waals surface area contributed by atoms with Crippen LogP contribution in [0, 0.1) is 5.41 Å². The average molecular weight is 182 g/mol. The summed E-state index contributed by atoms with van der Waals surface area (Å²) in [5, 5.41) is 4.05. The first-order chi connectivity index (χ1) is 6.04. The minimum atomic E-state index is 0.265. The Labute approximate surface area is 82.1 Å². The highest BCUT2D eigenvalue weighted by Crippen LogP contribution is 2.26. The molecule has 0 aliphatic heterocycles. The van der Waals surface area contributed by atoms with E-state index in [0.29, 0.717) is 6.04 Å². The van der Waals surface area contributed by atoms with Crippen molar-refractivity contribution in [1.29, 1.82) is 0 Å². The molecule has 0 radical (unpaired) electrons. The van der Waals surface area contributed by atoms with E-state index in [9.17, 15) is 0 Å². The summed E-state index contributed by atoms with van der Waals surface area (Å²) in [6.45, 7) is 12.3. The van der Waals surface area contributed by atoms with Crippen molar-refractivity contribution >= 4 is 6.21 Å². The van der Waals surface area contributed by atoms with Gasteiger partial charge in [-0.3, -0.25) is 0 Å². The van der Waals surface area contributed by atoms with Crippen LogP contribution in [0.1, 0.15) is 40.5 Å². The Morgan fingerprint density at radius 2 is 2.15 bits per heavy atom. The molecule has 0 aliphatic rings. The van der Waals surface area contributed by atoms with E-state index in [1.165, 1.54) is 0 Å². The normalized spacial score (nSPS) is 14.5. The smallest absolute Gasteiger partial charge is 0.0462 e. The number of hydrogen-bond acceptors (Lipinski definition) is 2. The summed E-state index contributed by atoms with van der Waals surface area (Å²) in [6, 6.07) is 0.392. The molecule has 0 aromatic heterocycles. The van der Waals surface area contributed by atoms with E-state index in [1.807, 2.05) is 13.0 Å². The van der Waals surface area contributed by atoms with Gasteiger partial charge in [-0.15, -0.1) is 6.58 Å². The van der Waals surface area contributed by atoms with Crippen molar-refractivity contribution in [3.63, 3.8) is 0 Å². The summed E-state index contributed by atoms with van der Waals surface area (Å²) in [7, 11) is 0. The van der Waals surface area contributed by atoms with Crippen LogP contribution in [0.4, 0.5) is 0 Å². The largest absolute Gasteiger partial charge is 0.307 e. The molecule has 2 nitrogen and oxygen atoms in total. The minimum Gasteiger partial charge on any atom is -0.307 e. The molecule has 0 aromatic carbocycles. The molecule has 0 saturated heterocycles. The molecular formula is C11H22N2. The van der Waals surface area contributed by atoms with E-state index in [1.54, 1.807) is 6.21 Å². The standard InChI is InChI=1S/C11H22N2/c1-6-8-9-11(4,5)10(3)13-12-7-2/h6-7,10,13H,1,8-9H2,2-5H3/b12-7-. The third kappa shape index (κ3) is 4.71. The zero-order valence-corrected chi connectivity index (χ0v) is 9.30. The maximum absolute atomic E-state index is 4.05. The second kappa shape index (κ2) is 5.79. The zero-order chi connectivity index (χ0) is 10.3. The Balaban J connectivity index is 4.00. The molecule has 2 heteroatoms. The summed E-state index contributed by atoms with van der Waals surface area (Å²) in [5.41, 5.74) is 3.38. The van der Waals surface area contributed by atoms with Crippen LogP contribution in [-0.2, 0) is 0 Å². The van der Waals surface area contributed by atoms with Crippen molar-refractivity contribution in [3.05, 3.63) is 12.7 Å². The molecule has 0 aliphatic carbocycles. The maximum atomic E-state index is 4.05. The van der Waals surface area contributed by atoms with Crippen LogP contribution < -0.4 is 5.43 Å². The Morgan fingerprint density at radius 1 is 1.54 bits per heavy atom. The Bertz CT molecular complexity index is 171. The van der Waals surface area contributed by atoms with E-state index < -0.39 is 0 Å². The molecule has 76 valence electrons. The molecule has 13 heavy (non-hydrogen) atoms. The van der Waals surface area contributed by atoms with Crippen LogP contribution in [0.25, 0.3) is 0 Å². The number of nitrogens with one attached hydrogen (secondary N) is 1. The molecule has 0 heterocycles. The zero-order valence-electron chi connectivity index (χ0n) is 9.30. The molecule has 1 unspecified atom stereocenters. The van der Waals surface area contributed by atoms with Gasteiger partial charge in [0.05, 0.1) is 0 Å². The van der Waals surface area contributed by atoms with Crippen molar-refractivity contribution in [3.8, 4) is 0 Å². The highest BCUT2D eigenvalue weighted by atomic mass is 15.3. The Kier molecular flexibility index (Phi) is 5.44. The average Bonchev–Trinajstić information content (AvgIpc) is 2.10. The van der Waals surface area contributed by atoms with Crippen molar-refractivity contribution in [2.45, 2.75) is 46.6 Å². The van der Waals surface area contributed by atoms with E-state index in [4.69, 9.17) is 0 Å². The number of hydrogen-bond donors (Lipinski definition) is 1. The van der Waals surface area contributed by atoms with Crippen LogP contribution in [0.5, 0.6) is 0 Å². The summed E-state index contributed by atoms with van der Waals surface area (Å²) in [6.07, 6.45) is 5.95. The van der Waals surface area contributed by atoms with Gasteiger partial charge in [0.2, 0.25) is 0 Å². The predicted molar refractivity (Wildman–Crippen MR) is 60.0 cm³/mol. The van der Waals surface area contributed by atoms with Gasteiger partial charge in [-0.1, -0.05) is 19.9 Å². The van der Waals surface area contributed by atoms with Gasteiger partial charge in [0, 0.05) is 12.3 Å². The lowest BCUT2D eigenvalue weighted by Crippen LogP contribution is -2.36. The van der Waals surface area contributed by atoms with Gasteiger partial charge in [0.25, 0.3) is 0 Å². The first-order valence-electron chi connectivity index (χ1n) is 4.88. The summed E-state index contributed by atoms with van der Waals surface area (Å²) < 4.78 is 0. The maximum Gasteiger partial charge on any atom is 0.0462 e. The third-order valence-corrected chi connectivity index (χ3v) is 2.56. The van der Waals surface area contributed by atoms with Gasteiger partial charge >= 0.3 is 0 Å². The number of hydrazone groups is 1. The molecule has 0 aromatic rings. The van der Waals surface area contributed by atoms with Crippen molar-refractivity contribution in [2.24, 2.45) is 10.5 Å². The van der Waals surface area contributed by atoms with Gasteiger partial charge in [-0.05, 0) is 32.1 Å². The third-order valence-electron chi connectivity index (χ3n) is 2.56. The van der Waals surface area contributed by atoms with Crippen molar-refractivity contribution < 1.29 is 0 Å². The molecule has 0 rings (SSSR count). The molecule has 1 atom stereocenters.